The minimum Gasteiger partial charge on any atom is -0.388 e. The Morgan fingerprint density at radius 3 is 2.40 bits per heavy atom. The van der Waals surface area contributed by atoms with Crippen LogP contribution >= 0.6 is 0 Å². The highest BCUT2D eigenvalue weighted by molar-refractivity contribution is 5.23. The third kappa shape index (κ3) is 3.65. The molecule has 0 heterocycles. The van der Waals surface area contributed by atoms with Crippen molar-refractivity contribution < 1.29 is 9.84 Å². The van der Waals surface area contributed by atoms with Crippen molar-refractivity contribution in [3.05, 3.63) is 35.4 Å². The first-order valence-electron chi connectivity index (χ1n) is 5.38. The first-order valence-corrected chi connectivity index (χ1v) is 5.38. The lowest BCUT2D eigenvalue weighted by atomic mass is 9.94. The maximum absolute atomic E-state index is 10.1. The quantitative estimate of drug-likeness (QED) is 0.806. The lowest BCUT2D eigenvalue weighted by Gasteiger charge is -2.18. The Bertz CT molecular complexity index is 279. The molecule has 0 aliphatic heterocycles. The van der Waals surface area contributed by atoms with Crippen LogP contribution in [-0.4, -0.2) is 18.8 Å². The summed E-state index contributed by atoms with van der Waals surface area (Å²) < 4.78 is 5.01. The van der Waals surface area contributed by atoms with Crippen LogP contribution in [0.2, 0.25) is 0 Å². The summed E-state index contributed by atoms with van der Waals surface area (Å²) in [6, 6.07) is 8.04. The molecule has 2 unspecified atom stereocenters. The van der Waals surface area contributed by atoms with Gasteiger partial charge in [0.2, 0.25) is 0 Å². The number of benzene rings is 1. The van der Waals surface area contributed by atoms with E-state index in [0.717, 1.165) is 12.0 Å². The lowest BCUT2D eigenvalue weighted by molar-refractivity contribution is 0.0886. The van der Waals surface area contributed by atoms with E-state index in [1.54, 1.807) is 7.11 Å². The lowest BCUT2D eigenvalue weighted by Crippen LogP contribution is -2.11. The first kappa shape index (κ1) is 12.2. The third-order valence-electron chi connectivity index (χ3n) is 2.74. The van der Waals surface area contributed by atoms with E-state index >= 15 is 0 Å². The van der Waals surface area contributed by atoms with Crippen LogP contribution < -0.4 is 0 Å². The van der Waals surface area contributed by atoms with Crippen molar-refractivity contribution in [1.29, 1.82) is 0 Å². The monoisotopic (exact) mass is 208 g/mol. The molecule has 1 rings (SSSR count). The number of ether oxygens (including phenoxy) is 1. The van der Waals surface area contributed by atoms with Crippen LogP contribution in [0, 0.1) is 12.8 Å². The van der Waals surface area contributed by atoms with Gasteiger partial charge in [0, 0.05) is 13.7 Å². The topological polar surface area (TPSA) is 29.5 Å². The maximum atomic E-state index is 10.1. The molecular weight excluding hydrogens is 188 g/mol. The van der Waals surface area contributed by atoms with Gasteiger partial charge in [0.15, 0.2) is 0 Å². The summed E-state index contributed by atoms with van der Waals surface area (Å²) in [5.41, 5.74) is 2.21. The zero-order chi connectivity index (χ0) is 11.3. The van der Waals surface area contributed by atoms with Gasteiger partial charge in [-0.15, -0.1) is 0 Å². The standard InChI is InChI=1S/C13H20O2/c1-10-4-6-12(7-5-10)13(14)11(2)8-9-15-3/h4-7,11,13-14H,8-9H2,1-3H3. The van der Waals surface area contributed by atoms with Crippen molar-refractivity contribution in [2.75, 3.05) is 13.7 Å². The second-order valence-electron chi connectivity index (χ2n) is 4.11. The summed E-state index contributed by atoms with van der Waals surface area (Å²) in [5.74, 6) is 0.229. The fraction of sp³-hybridized carbons (Fsp3) is 0.538. The smallest absolute Gasteiger partial charge is 0.0816 e. The molecule has 0 fully saturated rings. The number of rotatable bonds is 5. The van der Waals surface area contributed by atoms with Gasteiger partial charge in [0.25, 0.3) is 0 Å². The second kappa shape index (κ2) is 5.89. The average Bonchev–Trinajstić information content (AvgIpc) is 2.26. The van der Waals surface area contributed by atoms with E-state index < -0.39 is 0 Å². The molecule has 15 heavy (non-hydrogen) atoms. The molecule has 84 valence electrons. The average molecular weight is 208 g/mol. The minimum absolute atomic E-state index is 0.229. The molecule has 0 aliphatic rings. The number of hydrogen-bond acceptors (Lipinski definition) is 2. The highest BCUT2D eigenvalue weighted by Gasteiger charge is 2.15. The minimum atomic E-state index is -0.388. The second-order valence-corrected chi connectivity index (χ2v) is 4.11. The molecule has 1 N–H and O–H groups in total. The summed E-state index contributed by atoms with van der Waals surface area (Å²) >= 11 is 0. The fourth-order valence-electron chi connectivity index (χ4n) is 1.55. The Labute approximate surface area is 91.9 Å². The van der Waals surface area contributed by atoms with Crippen LogP contribution in [-0.2, 0) is 4.74 Å². The molecule has 2 heteroatoms. The summed E-state index contributed by atoms with van der Waals surface area (Å²) in [7, 11) is 1.69. The molecule has 0 aliphatic carbocycles. The van der Waals surface area contributed by atoms with Crippen LogP contribution in [0.4, 0.5) is 0 Å². The zero-order valence-electron chi connectivity index (χ0n) is 9.73. The van der Waals surface area contributed by atoms with E-state index in [9.17, 15) is 5.11 Å². The molecule has 2 atom stereocenters. The molecule has 0 saturated heterocycles. The van der Waals surface area contributed by atoms with Crippen molar-refractivity contribution in [2.45, 2.75) is 26.4 Å². The third-order valence-corrected chi connectivity index (χ3v) is 2.74. The van der Waals surface area contributed by atoms with Gasteiger partial charge in [-0.05, 0) is 24.8 Å². The van der Waals surface area contributed by atoms with E-state index in [-0.39, 0.29) is 12.0 Å². The SMILES string of the molecule is COCCC(C)C(O)c1ccc(C)cc1. The molecule has 0 bridgehead atoms. The number of aliphatic hydroxyl groups is 1. The fourth-order valence-corrected chi connectivity index (χ4v) is 1.55. The Balaban J connectivity index is 2.59. The normalized spacial score (nSPS) is 14.9. The predicted molar refractivity (Wildman–Crippen MR) is 61.8 cm³/mol. The van der Waals surface area contributed by atoms with Gasteiger partial charge in [-0.1, -0.05) is 36.8 Å². The van der Waals surface area contributed by atoms with E-state index in [1.807, 2.05) is 38.1 Å². The van der Waals surface area contributed by atoms with Crippen LogP contribution in [0.15, 0.2) is 24.3 Å². The Morgan fingerprint density at radius 2 is 1.87 bits per heavy atom. The summed E-state index contributed by atoms with van der Waals surface area (Å²) in [4.78, 5) is 0. The van der Waals surface area contributed by atoms with Gasteiger partial charge in [0.05, 0.1) is 6.10 Å². The number of hydrogen-bond donors (Lipinski definition) is 1. The highest BCUT2D eigenvalue weighted by Crippen LogP contribution is 2.24. The molecule has 0 saturated carbocycles. The van der Waals surface area contributed by atoms with Crippen LogP contribution in [0.5, 0.6) is 0 Å². The molecule has 0 aromatic heterocycles. The number of aliphatic hydroxyl groups excluding tert-OH is 1. The van der Waals surface area contributed by atoms with Gasteiger partial charge in [0.1, 0.15) is 0 Å². The predicted octanol–water partition coefficient (Wildman–Crippen LogP) is 2.70. The van der Waals surface area contributed by atoms with Gasteiger partial charge in [-0.25, -0.2) is 0 Å². The highest BCUT2D eigenvalue weighted by atomic mass is 16.5. The van der Waals surface area contributed by atoms with E-state index in [2.05, 4.69) is 0 Å². The largest absolute Gasteiger partial charge is 0.388 e. The summed E-state index contributed by atoms with van der Waals surface area (Å²) in [5, 5.41) is 10.1. The first-order chi connectivity index (χ1) is 7.15. The van der Waals surface area contributed by atoms with Crippen LogP contribution in [0.25, 0.3) is 0 Å². The molecule has 2 nitrogen and oxygen atoms in total. The van der Waals surface area contributed by atoms with E-state index in [1.165, 1.54) is 5.56 Å². The molecular formula is C13H20O2. The molecule has 1 aromatic rings. The van der Waals surface area contributed by atoms with Crippen molar-refractivity contribution >= 4 is 0 Å². The van der Waals surface area contributed by atoms with Crippen LogP contribution in [0.1, 0.15) is 30.6 Å². The van der Waals surface area contributed by atoms with Gasteiger partial charge >= 0.3 is 0 Å². The van der Waals surface area contributed by atoms with Gasteiger partial charge < -0.3 is 9.84 Å². The Hall–Kier alpha value is -0.860. The van der Waals surface area contributed by atoms with Crippen LogP contribution in [0.3, 0.4) is 0 Å². The summed E-state index contributed by atoms with van der Waals surface area (Å²) in [6.45, 7) is 4.79. The number of methoxy groups -OCH3 is 1. The molecule has 0 spiro atoms. The molecule has 0 amide bonds. The van der Waals surface area contributed by atoms with E-state index in [4.69, 9.17) is 4.74 Å². The number of aryl methyl sites for hydroxylation is 1. The van der Waals surface area contributed by atoms with Gasteiger partial charge in [-0.3, -0.25) is 0 Å². The molecule has 1 aromatic carbocycles. The Kier molecular flexibility index (Phi) is 4.79. The van der Waals surface area contributed by atoms with Crippen molar-refractivity contribution in [3.63, 3.8) is 0 Å². The summed E-state index contributed by atoms with van der Waals surface area (Å²) in [6.07, 6.45) is 0.492. The molecule has 0 radical (unpaired) electrons. The zero-order valence-corrected chi connectivity index (χ0v) is 9.73. The Morgan fingerprint density at radius 1 is 1.27 bits per heavy atom. The van der Waals surface area contributed by atoms with Crippen molar-refractivity contribution in [3.8, 4) is 0 Å². The van der Waals surface area contributed by atoms with Gasteiger partial charge in [-0.2, -0.15) is 0 Å². The van der Waals surface area contributed by atoms with Crippen molar-refractivity contribution in [1.82, 2.24) is 0 Å². The maximum Gasteiger partial charge on any atom is 0.0816 e. The van der Waals surface area contributed by atoms with Crippen molar-refractivity contribution in [2.24, 2.45) is 5.92 Å². The van der Waals surface area contributed by atoms with E-state index in [0.29, 0.717) is 6.61 Å².